The first-order valence-corrected chi connectivity index (χ1v) is 20.6. The van der Waals surface area contributed by atoms with Gasteiger partial charge in [0.05, 0.1) is 31.4 Å². The molecule has 2 aliphatic rings. The van der Waals surface area contributed by atoms with E-state index in [0.717, 1.165) is 24.5 Å². The number of rotatable bonds is 23. The molecule has 2 aliphatic heterocycles. The van der Waals surface area contributed by atoms with Gasteiger partial charge in [0, 0.05) is 68.7 Å². The third-order valence-corrected chi connectivity index (χ3v) is 11.7. The van der Waals surface area contributed by atoms with Gasteiger partial charge in [0.15, 0.2) is 0 Å². The largest absolute Gasteiger partial charge is 0.472 e. The maximum atomic E-state index is 13.0. The molecule has 0 aromatic rings. The molecular formula is C31H56N3O9PS2. The smallest absolute Gasteiger partial charge is 0.394 e. The van der Waals surface area contributed by atoms with Crippen LogP contribution in [0.25, 0.3) is 0 Å². The van der Waals surface area contributed by atoms with E-state index in [1.165, 1.54) is 4.90 Å². The molecule has 2 fully saturated rings. The molecule has 12 nitrogen and oxygen atoms in total. The number of hydrogen-bond donors (Lipinski definition) is 3. The lowest BCUT2D eigenvalue weighted by molar-refractivity contribution is -0.134. The van der Waals surface area contributed by atoms with Crippen molar-refractivity contribution in [2.24, 2.45) is 11.8 Å². The Kier molecular flexibility index (Phi) is 19.0. The average Bonchev–Trinajstić information content (AvgIpc) is 3.58. The van der Waals surface area contributed by atoms with Crippen molar-refractivity contribution in [3.63, 3.8) is 0 Å². The molecule has 15 heteroatoms. The Morgan fingerprint density at radius 1 is 0.891 bits per heavy atom. The van der Waals surface area contributed by atoms with Crippen LogP contribution in [0.4, 0.5) is 0 Å². The van der Waals surface area contributed by atoms with Gasteiger partial charge in [0.25, 0.3) is 0 Å². The van der Waals surface area contributed by atoms with Crippen molar-refractivity contribution in [1.29, 1.82) is 0 Å². The van der Waals surface area contributed by atoms with Crippen molar-refractivity contribution in [2.45, 2.75) is 117 Å². The summed E-state index contributed by atoms with van der Waals surface area (Å²) >= 11 is 0. The SMILES string of the molecule is CC(C)NCCCC(=O)CCC(=O)N1C[C@H](C)C[C@H]1COP(=O)(O)O[C@@H]1C[C@H](CO)N(C(=O)CCCSSCCC(=O)C(C)C)C1. The molecular weight excluding hydrogens is 653 g/mol. The van der Waals surface area contributed by atoms with Crippen molar-refractivity contribution in [3.05, 3.63) is 0 Å². The van der Waals surface area contributed by atoms with Crippen LogP contribution in [0.1, 0.15) is 92.4 Å². The van der Waals surface area contributed by atoms with E-state index in [9.17, 15) is 33.7 Å². The molecule has 0 aromatic heterocycles. The quantitative estimate of drug-likeness (QED) is 0.0788. The van der Waals surface area contributed by atoms with Crippen LogP contribution in [-0.2, 0) is 32.8 Å². The summed E-state index contributed by atoms with van der Waals surface area (Å²) in [5.41, 5.74) is 0. The zero-order valence-corrected chi connectivity index (χ0v) is 30.7. The summed E-state index contributed by atoms with van der Waals surface area (Å²) < 4.78 is 23.7. The van der Waals surface area contributed by atoms with E-state index in [0.29, 0.717) is 38.3 Å². The first-order chi connectivity index (χ1) is 21.7. The summed E-state index contributed by atoms with van der Waals surface area (Å²) in [6.45, 7) is 10.7. The number of nitrogens with one attached hydrogen (secondary N) is 1. The molecule has 0 bridgehead atoms. The van der Waals surface area contributed by atoms with E-state index in [-0.39, 0.29) is 80.7 Å². The van der Waals surface area contributed by atoms with Crippen LogP contribution in [0.15, 0.2) is 0 Å². The van der Waals surface area contributed by atoms with Crippen molar-refractivity contribution < 1.29 is 42.8 Å². The van der Waals surface area contributed by atoms with Gasteiger partial charge in [-0.15, -0.1) is 0 Å². The Morgan fingerprint density at radius 3 is 2.24 bits per heavy atom. The number of ketones is 2. The number of Topliss-reactive ketones (excluding diaryl/α,β-unsaturated/α-hetero) is 2. The van der Waals surface area contributed by atoms with E-state index in [2.05, 4.69) is 5.32 Å². The second kappa shape index (κ2) is 21.2. The van der Waals surface area contributed by atoms with Crippen LogP contribution < -0.4 is 5.32 Å². The van der Waals surface area contributed by atoms with E-state index >= 15 is 0 Å². The molecule has 0 aliphatic carbocycles. The number of aliphatic hydroxyl groups is 1. The standard InChI is InChI=1S/C31H56N3O9PS2/c1-22(2)29(37)12-15-46-45-14-7-9-30(38)34-19-28(17-25(34)20-35)43-44(40,41)42-21-26-16-24(5)18-33(26)31(39)11-10-27(36)8-6-13-32-23(3)4/h22-26,28,32,35H,6-21H2,1-5H3,(H,40,41)/t24-,25-,26+,28-/m1/s1. The highest BCUT2D eigenvalue weighted by atomic mass is 33.1. The van der Waals surface area contributed by atoms with Gasteiger partial charge >= 0.3 is 7.82 Å². The van der Waals surface area contributed by atoms with Gasteiger partial charge in [-0.2, -0.15) is 0 Å². The zero-order chi connectivity index (χ0) is 34.3. The zero-order valence-electron chi connectivity index (χ0n) is 28.2. The fourth-order valence-electron chi connectivity index (χ4n) is 5.61. The second-order valence-electron chi connectivity index (χ2n) is 13.0. The minimum atomic E-state index is -4.52. The van der Waals surface area contributed by atoms with Crippen LogP contribution in [0.3, 0.4) is 0 Å². The highest BCUT2D eigenvalue weighted by Gasteiger charge is 2.40. The Balaban J connectivity index is 1.75. The van der Waals surface area contributed by atoms with E-state index in [4.69, 9.17) is 9.05 Å². The maximum absolute atomic E-state index is 13.0. The number of carbonyl (C=O) groups is 4. The first-order valence-electron chi connectivity index (χ1n) is 16.6. The summed E-state index contributed by atoms with van der Waals surface area (Å²) in [6.07, 6.45) is 2.89. The lowest BCUT2D eigenvalue weighted by Gasteiger charge is -2.26. The van der Waals surface area contributed by atoms with Gasteiger partial charge in [-0.1, -0.05) is 56.2 Å². The van der Waals surface area contributed by atoms with Crippen LogP contribution in [0.5, 0.6) is 0 Å². The molecule has 2 saturated heterocycles. The number of hydrogen-bond acceptors (Lipinski definition) is 11. The minimum absolute atomic E-state index is 0.0423. The Bertz CT molecular complexity index is 1040. The summed E-state index contributed by atoms with van der Waals surface area (Å²) in [4.78, 5) is 63.4. The van der Waals surface area contributed by atoms with Crippen LogP contribution >= 0.6 is 29.4 Å². The normalized spacial score (nSPS) is 23.0. The van der Waals surface area contributed by atoms with Gasteiger partial charge in [-0.25, -0.2) is 4.57 Å². The third-order valence-electron chi connectivity index (χ3n) is 8.14. The molecule has 2 heterocycles. The predicted octanol–water partition coefficient (Wildman–Crippen LogP) is 4.22. The van der Waals surface area contributed by atoms with Crippen molar-refractivity contribution >= 4 is 52.8 Å². The molecule has 0 aromatic carbocycles. The molecule has 3 N–H and O–H groups in total. The minimum Gasteiger partial charge on any atom is -0.394 e. The number of nitrogens with zero attached hydrogens (tertiary/aromatic N) is 2. The molecule has 2 rings (SSSR count). The van der Waals surface area contributed by atoms with Crippen LogP contribution in [0.2, 0.25) is 0 Å². The number of phosphoric ester groups is 1. The van der Waals surface area contributed by atoms with Crippen molar-refractivity contribution in [3.8, 4) is 0 Å². The summed E-state index contributed by atoms with van der Waals surface area (Å²) in [5.74, 6) is 1.67. The molecule has 1 unspecified atom stereocenters. The fourth-order valence-corrected chi connectivity index (χ4v) is 8.65. The van der Waals surface area contributed by atoms with Gasteiger partial charge < -0.3 is 25.1 Å². The lowest BCUT2D eigenvalue weighted by atomic mass is 10.1. The molecule has 2 amide bonds. The second-order valence-corrected chi connectivity index (χ2v) is 17.1. The van der Waals surface area contributed by atoms with E-state index < -0.39 is 26.0 Å². The summed E-state index contributed by atoms with van der Waals surface area (Å²) in [5, 5.41) is 13.1. The van der Waals surface area contributed by atoms with Gasteiger partial charge in [-0.3, -0.25) is 28.2 Å². The Hall–Kier alpha value is -0.990. The van der Waals surface area contributed by atoms with E-state index in [1.807, 2.05) is 34.6 Å². The fraction of sp³-hybridized carbons (Fsp3) is 0.871. The molecule has 5 atom stereocenters. The number of carbonyl (C=O) groups excluding carboxylic acids is 4. The van der Waals surface area contributed by atoms with Crippen LogP contribution in [-0.4, -0.2) is 112 Å². The Morgan fingerprint density at radius 2 is 1.57 bits per heavy atom. The average molecular weight is 710 g/mol. The lowest BCUT2D eigenvalue weighted by Crippen LogP contribution is -2.38. The number of amides is 2. The monoisotopic (exact) mass is 709 g/mol. The Labute approximate surface area is 282 Å². The summed E-state index contributed by atoms with van der Waals surface area (Å²) in [6, 6.07) is -0.563. The van der Waals surface area contributed by atoms with Gasteiger partial charge in [0.1, 0.15) is 11.6 Å². The van der Waals surface area contributed by atoms with E-state index in [1.54, 1.807) is 26.5 Å². The number of likely N-dealkylation sites (tertiary alicyclic amines) is 2. The van der Waals surface area contributed by atoms with Gasteiger partial charge in [0.2, 0.25) is 11.8 Å². The predicted molar refractivity (Wildman–Crippen MR) is 182 cm³/mol. The van der Waals surface area contributed by atoms with Crippen molar-refractivity contribution in [1.82, 2.24) is 15.1 Å². The van der Waals surface area contributed by atoms with Crippen LogP contribution in [0, 0.1) is 11.8 Å². The molecule has 0 spiro atoms. The third kappa shape index (κ3) is 15.5. The summed E-state index contributed by atoms with van der Waals surface area (Å²) in [7, 11) is -1.27. The first kappa shape index (κ1) is 41.2. The molecule has 0 radical (unpaired) electrons. The topological polar surface area (TPSA) is 163 Å². The highest BCUT2D eigenvalue weighted by Crippen LogP contribution is 2.47. The number of phosphoric acid groups is 1. The maximum Gasteiger partial charge on any atom is 0.472 e. The highest BCUT2D eigenvalue weighted by molar-refractivity contribution is 8.76. The molecule has 266 valence electrons. The molecule has 0 saturated carbocycles. The molecule has 46 heavy (non-hydrogen) atoms. The number of aliphatic hydroxyl groups excluding tert-OH is 1. The van der Waals surface area contributed by atoms with Gasteiger partial charge in [-0.05, 0) is 38.1 Å². The van der Waals surface area contributed by atoms with Crippen molar-refractivity contribution in [2.75, 3.05) is 44.4 Å².